The van der Waals surface area contributed by atoms with E-state index < -0.39 is 180 Å². The molecule has 0 aliphatic carbocycles. The minimum Gasteiger partial charge on any atom is -0.394 e. The molecule has 0 saturated carbocycles. The van der Waals surface area contributed by atoms with Gasteiger partial charge in [0.2, 0.25) is 0 Å². The number of hydrogen-bond acceptors (Lipinski definition) is 24. The number of hydrogen-bond donors (Lipinski definition) is 14. The van der Waals surface area contributed by atoms with Crippen molar-refractivity contribution >= 4 is 0 Å². The van der Waals surface area contributed by atoms with Crippen LogP contribution in [0.4, 0.5) is 0 Å². The molecule has 0 radical (unpaired) electrons. The van der Waals surface area contributed by atoms with Gasteiger partial charge in [0, 0.05) is 6.42 Å². The largest absolute Gasteiger partial charge is 0.394 e. The van der Waals surface area contributed by atoms with E-state index in [1.807, 2.05) is 0 Å². The summed E-state index contributed by atoms with van der Waals surface area (Å²) in [5, 5.41) is 146. The summed E-state index contributed by atoms with van der Waals surface area (Å²) in [6.45, 7) is -3.79. The molecule has 6 fully saturated rings. The van der Waals surface area contributed by atoms with E-state index in [0.717, 1.165) is 0 Å². The first-order valence-corrected chi connectivity index (χ1v) is 17.5. The van der Waals surface area contributed by atoms with Crippen LogP contribution in [0, 0.1) is 0 Å². The lowest BCUT2D eigenvalue weighted by Crippen LogP contribution is -2.67. The molecule has 0 amide bonds. The lowest BCUT2D eigenvalue weighted by Gasteiger charge is -2.49. The van der Waals surface area contributed by atoms with Crippen molar-refractivity contribution in [3.05, 3.63) is 0 Å². The first-order chi connectivity index (χ1) is 25.8. The Bertz CT molecular complexity index is 1180. The van der Waals surface area contributed by atoms with Gasteiger partial charge < -0.3 is 119 Å². The van der Waals surface area contributed by atoms with Crippen LogP contribution < -0.4 is 0 Å². The molecule has 314 valence electrons. The van der Waals surface area contributed by atoms with Gasteiger partial charge in [-0.05, 0) is 0 Å². The van der Waals surface area contributed by atoms with Gasteiger partial charge >= 0.3 is 0 Å². The summed E-state index contributed by atoms with van der Waals surface area (Å²) >= 11 is 0. The molecule has 24 unspecified atom stereocenters. The van der Waals surface area contributed by atoms with Gasteiger partial charge in [-0.25, -0.2) is 0 Å². The molecule has 0 aromatic rings. The Morgan fingerprint density at radius 2 is 0.722 bits per heavy atom. The number of ether oxygens (including phenoxy) is 10. The highest BCUT2D eigenvalue weighted by molar-refractivity contribution is 5.01. The summed E-state index contributed by atoms with van der Waals surface area (Å²) in [7, 11) is 0. The fourth-order valence-corrected chi connectivity index (χ4v) is 7.20. The molecule has 6 aliphatic heterocycles. The molecule has 24 nitrogen and oxygen atoms in total. The number of rotatable bonds is 13. The molecular weight excluding hydrogens is 744 g/mol. The normalized spacial score (nSPS) is 53.9. The summed E-state index contributed by atoms with van der Waals surface area (Å²) in [4.78, 5) is 0. The molecule has 6 rings (SSSR count). The molecule has 54 heavy (non-hydrogen) atoms. The Morgan fingerprint density at radius 1 is 0.370 bits per heavy atom. The summed E-state index contributed by atoms with van der Waals surface area (Å²) in [5.74, 6) is 0. The van der Waals surface area contributed by atoms with Crippen LogP contribution in [0.15, 0.2) is 0 Å². The van der Waals surface area contributed by atoms with Gasteiger partial charge in [0.15, 0.2) is 31.5 Å². The monoisotopic (exact) mass is 794 g/mol. The number of aliphatic hydroxyl groups is 14. The second kappa shape index (κ2) is 17.9. The van der Waals surface area contributed by atoms with Gasteiger partial charge in [0.25, 0.3) is 0 Å². The predicted molar refractivity (Wildman–Crippen MR) is 162 cm³/mol. The van der Waals surface area contributed by atoms with E-state index in [2.05, 4.69) is 0 Å². The van der Waals surface area contributed by atoms with Crippen molar-refractivity contribution in [3.63, 3.8) is 0 Å². The fraction of sp³-hybridized carbons (Fsp3) is 1.00. The molecule has 0 aromatic heterocycles. The zero-order valence-electron chi connectivity index (χ0n) is 28.4. The van der Waals surface area contributed by atoms with Crippen LogP contribution in [-0.4, -0.2) is 252 Å². The predicted octanol–water partition coefficient (Wildman–Crippen LogP) is -9.85. The smallest absolute Gasteiger partial charge is 0.187 e. The lowest BCUT2D eigenvalue weighted by molar-refractivity contribution is -0.389. The maximum Gasteiger partial charge on any atom is 0.187 e. The number of epoxide rings is 1. The zero-order chi connectivity index (χ0) is 39.2. The highest BCUT2D eigenvalue weighted by Crippen LogP contribution is 2.39. The van der Waals surface area contributed by atoms with Crippen LogP contribution in [0.25, 0.3) is 0 Å². The first-order valence-electron chi connectivity index (χ1n) is 17.5. The summed E-state index contributed by atoms with van der Waals surface area (Å²) in [5.41, 5.74) is 0. The summed E-state index contributed by atoms with van der Waals surface area (Å²) in [6.07, 6.45) is -37.7. The minimum absolute atomic E-state index is 0.126. The van der Waals surface area contributed by atoms with E-state index in [0.29, 0.717) is 0 Å². The van der Waals surface area contributed by atoms with Crippen molar-refractivity contribution < 1.29 is 119 Å². The number of aliphatic hydroxyl groups excluding tert-OH is 14. The van der Waals surface area contributed by atoms with Gasteiger partial charge in [-0.2, -0.15) is 0 Å². The maximum atomic E-state index is 11.1. The van der Waals surface area contributed by atoms with Gasteiger partial charge in [-0.3, -0.25) is 0 Å². The van der Waals surface area contributed by atoms with Gasteiger partial charge in [0.05, 0.1) is 45.2 Å². The van der Waals surface area contributed by atoms with Crippen molar-refractivity contribution in [2.24, 2.45) is 0 Å². The van der Waals surface area contributed by atoms with Crippen LogP contribution >= 0.6 is 0 Å². The van der Waals surface area contributed by atoms with Crippen molar-refractivity contribution in [1.29, 1.82) is 0 Å². The first kappa shape index (κ1) is 42.6. The maximum absolute atomic E-state index is 11.1. The van der Waals surface area contributed by atoms with Crippen molar-refractivity contribution in [2.75, 3.05) is 33.0 Å². The minimum atomic E-state index is -2.05. The van der Waals surface area contributed by atoms with E-state index >= 15 is 0 Å². The van der Waals surface area contributed by atoms with E-state index in [4.69, 9.17) is 47.4 Å². The van der Waals surface area contributed by atoms with E-state index in [9.17, 15) is 71.5 Å². The van der Waals surface area contributed by atoms with Crippen LogP contribution in [0.1, 0.15) is 6.42 Å². The molecule has 14 N–H and O–H groups in total. The second-order valence-corrected chi connectivity index (χ2v) is 13.9. The van der Waals surface area contributed by atoms with Gasteiger partial charge in [-0.1, -0.05) is 0 Å². The molecule has 24 heteroatoms. The number of fused-ring (bicyclic) bond motifs is 1. The third-order valence-corrected chi connectivity index (χ3v) is 10.3. The van der Waals surface area contributed by atoms with E-state index in [-0.39, 0.29) is 6.42 Å². The van der Waals surface area contributed by atoms with E-state index in [1.165, 1.54) is 0 Å². The highest BCUT2D eigenvalue weighted by atomic mass is 16.8. The lowest BCUT2D eigenvalue weighted by atomic mass is 9.95. The summed E-state index contributed by atoms with van der Waals surface area (Å²) < 4.78 is 55.3. The topological polar surface area (TPSA) is 379 Å². The van der Waals surface area contributed by atoms with Crippen LogP contribution in [0.3, 0.4) is 0 Å². The molecule has 0 bridgehead atoms. The highest BCUT2D eigenvalue weighted by Gasteiger charge is 2.59. The Kier molecular flexibility index (Phi) is 14.1. The van der Waals surface area contributed by atoms with Crippen LogP contribution in [0.2, 0.25) is 0 Å². The summed E-state index contributed by atoms with van der Waals surface area (Å²) in [6, 6.07) is 0. The standard InChI is InChI=1S/C30H50O24/c31-2-7-1-8(36)13(37)26(45-7)50-21-9(3-32)46-27(17(41)14(21)38)51-22-10(4-33)47-28(18(42)15(22)39)52-23-11(5-34)48-29(19(43)16(23)40)53-24-12(6-35)49-30-25(54-30)20(24)44/h7-44H,1-6H2. The van der Waals surface area contributed by atoms with Crippen LogP contribution in [0.5, 0.6) is 0 Å². The average Bonchev–Trinajstić information content (AvgIpc) is 3.96. The fourth-order valence-electron chi connectivity index (χ4n) is 7.20. The molecular formula is C30H50O24. The Labute approximate surface area is 306 Å². The van der Waals surface area contributed by atoms with Gasteiger partial charge in [0.1, 0.15) is 104 Å². The van der Waals surface area contributed by atoms with Crippen LogP contribution in [-0.2, 0) is 47.4 Å². The molecule has 6 heterocycles. The second-order valence-electron chi connectivity index (χ2n) is 13.9. The van der Waals surface area contributed by atoms with Crippen molar-refractivity contribution in [2.45, 2.75) is 154 Å². The third-order valence-electron chi connectivity index (χ3n) is 10.3. The zero-order valence-corrected chi connectivity index (χ0v) is 28.4. The molecule has 0 spiro atoms. The van der Waals surface area contributed by atoms with E-state index in [1.54, 1.807) is 0 Å². The van der Waals surface area contributed by atoms with Crippen molar-refractivity contribution in [1.82, 2.24) is 0 Å². The Hall–Kier alpha value is -0.960. The third kappa shape index (κ3) is 8.44. The van der Waals surface area contributed by atoms with Gasteiger partial charge in [-0.15, -0.1) is 0 Å². The molecule has 6 aliphatic rings. The molecule has 6 saturated heterocycles. The van der Waals surface area contributed by atoms with Crippen molar-refractivity contribution in [3.8, 4) is 0 Å². The molecule has 0 aromatic carbocycles. The Morgan fingerprint density at radius 3 is 1.09 bits per heavy atom. The SMILES string of the molecule is OCC1CC(O)C(O)C(OC2C(CO)OC(OC3C(CO)OC(OC4C(CO)OC(OC5C(CO)OC6OC6C5O)C(O)C4O)C(O)C3O)C(O)C2O)O1. The molecule has 24 atom stereocenters. The Balaban J connectivity index is 1.08. The average molecular weight is 795 g/mol. The quantitative estimate of drug-likeness (QED) is 0.0770.